The Labute approximate surface area is 116 Å². The van der Waals surface area contributed by atoms with Gasteiger partial charge >= 0.3 is 5.97 Å². The van der Waals surface area contributed by atoms with E-state index in [9.17, 15) is 13.2 Å². The standard InChI is InChI=1S/C13H25NO4S/c1-11(2)10-19(17,18)14(3)13(9-12(15)16)7-5-4-6-8-13/h11H,4-10H2,1-3H3,(H,15,16). The third-order valence-corrected chi connectivity index (χ3v) is 6.20. The fourth-order valence-electron chi connectivity index (χ4n) is 2.92. The molecule has 0 aliphatic heterocycles. The van der Waals surface area contributed by atoms with Crippen LogP contribution in [0.2, 0.25) is 0 Å². The molecule has 0 aromatic carbocycles. The van der Waals surface area contributed by atoms with Crippen molar-refractivity contribution in [1.82, 2.24) is 4.31 Å². The van der Waals surface area contributed by atoms with Crippen molar-refractivity contribution < 1.29 is 18.3 Å². The third kappa shape index (κ3) is 4.18. The van der Waals surface area contributed by atoms with E-state index >= 15 is 0 Å². The van der Waals surface area contributed by atoms with Crippen molar-refractivity contribution in [2.45, 2.75) is 57.9 Å². The molecule has 1 aliphatic rings. The molecule has 112 valence electrons. The molecule has 0 unspecified atom stereocenters. The molecule has 6 heteroatoms. The summed E-state index contributed by atoms with van der Waals surface area (Å²) in [6.45, 7) is 3.71. The maximum atomic E-state index is 12.4. The number of carboxylic acids is 1. The van der Waals surface area contributed by atoms with Gasteiger partial charge in [-0.05, 0) is 18.8 Å². The molecule has 5 nitrogen and oxygen atoms in total. The lowest BCUT2D eigenvalue weighted by Gasteiger charge is -2.43. The molecule has 0 atom stereocenters. The Balaban J connectivity index is 3.00. The number of carbonyl (C=O) groups is 1. The molecule has 1 rings (SSSR count). The quantitative estimate of drug-likeness (QED) is 0.813. The smallest absolute Gasteiger partial charge is 0.305 e. The molecule has 0 aromatic heterocycles. The molecule has 0 radical (unpaired) electrons. The van der Waals surface area contributed by atoms with E-state index in [2.05, 4.69) is 0 Å². The van der Waals surface area contributed by atoms with Crippen molar-refractivity contribution >= 4 is 16.0 Å². The van der Waals surface area contributed by atoms with Gasteiger partial charge in [-0.2, -0.15) is 4.31 Å². The summed E-state index contributed by atoms with van der Waals surface area (Å²) in [6, 6.07) is 0. The second-order valence-corrected chi connectivity index (χ2v) is 8.04. The number of carboxylic acid groups (broad SMARTS) is 1. The Hall–Kier alpha value is -0.620. The predicted octanol–water partition coefficient (Wildman–Crippen LogP) is 2.08. The van der Waals surface area contributed by atoms with Crippen LogP contribution in [0.15, 0.2) is 0 Å². The minimum absolute atomic E-state index is 0.0397. The highest BCUT2D eigenvalue weighted by Crippen LogP contribution is 2.37. The first-order valence-corrected chi connectivity index (χ1v) is 8.49. The summed E-state index contributed by atoms with van der Waals surface area (Å²) in [7, 11) is -1.85. The lowest BCUT2D eigenvalue weighted by molar-refractivity contribution is -0.140. The maximum Gasteiger partial charge on any atom is 0.305 e. The topological polar surface area (TPSA) is 74.7 Å². The molecule has 0 amide bonds. The van der Waals surface area contributed by atoms with Gasteiger partial charge in [0.1, 0.15) is 0 Å². The fourth-order valence-corrected chi connectivity index (χ4v) is 4.83. The number of nitrogens with zero attached hydrogens (tertiary/aromatic N) is 1. The molecule has 0 saturated heterocycles. The number of hydrogen-bond acceptors (Lipinski definition) is 3. The second kappa shape index (κ2) is 6.22. The zero-order chi connectivity index (χ0) is 14.7. The fraction of sp³-hybridized carbons (Fsp3) is 0.923. The molecular weight excluding hydrogens is 266 g/mol. The minimum atomic E-state index is -3.39. The zero-order valence-electron chi connectivity index (χ0n) is 12.1. The van der Waals surface area contributed by atoms with Gasteiger partial charge in [0.25, 0.3) is 0 Å². The Morgan fingerprint density at radius 1 is 1.26 bits per heavy atom. The van der Waals surface area contributed by atoms with Crippen LogP contribution >= 0.6 is 0 Å². The van der Waals surface area contributed by atoms with Gasteiger partial charge in [0.2, 0.25) is 10.0 Å². The normalized spacial score (nSPS) is 19.8. The number of sulfonamides is 1. The first-order valence-electron chi connectivity index (χ1n) is 6.88. The molecule has 1 saturated carbocycles. The van der Waals surface area contributed by atoms with Gasteiger partial charge < -0.3 is 5.11 Å². The Morgan fingerprint density at radius 2 is 1.79 bits per heavy atom. The van der Waals surface area contributed by atoms with E-state index in [1.165, 1.54) is 4.31 Å². The van der Waals surface area contributed by atoms with E-state index in [-0.39, 0.29) is 18.1 Å². The summed E-state index contributed by atoms with van der Waals surface area (Å²) in [5, 5.41) is 9.11. The van der Waals surface area contributed by atoms with Crippen molar-refractivity contribution in [2.24, 2.45) is 5.92 Å². The number of aliphatic carboxylic acids is 1. The van der Waals surface area contributed by atoms with E-state index in [1.54, 1.807) is 7.05 Å². The Morgan fingerprint density at radius 3 is 2.21 bits per heavy atom. The largest absolute Gasteiger partial charge is 0.481 e. The zero-order valence-corrected chi connectivity index (χ0v) is 12.9. The minimum Gasteiger partial charge on any atom is -0.481 e. The van der Waals surface area contributed by atoms with E-state index in [0.29, 0.717) is 12.8 Å². The van der Waals surface area contributed by atoms with Crippen LogP contribution in [0.1, 0.15) is 52.4 Å². The summed E-state index contributed by atoms with van der Waals surface area (Å²) in [5.41, 5.74) is -0.724. The Bertz CT molecular complexity index is 410. The molecule has 1 fully saturated rings. The van der Waals surface area contributed by atoms with Crippen LogP contribution in [0.25, 0.3) is 0 Å². The van der Waals surface area contributed by atoms with Crippen molar-refractivity contribution in [3.8, 4) is 0 Å². The van der Waals surface area contributed by atoms with Crippen LogP contribution in [-0.2, 0) is 14.8 Å². The van der Waals surface area contributed by atoms with E-state index in [0.717, 1.165) is 19.3 Å². The maximum absolute atomic E-state index is 12.4. The SMILES string of the molecule is CC(C)CS(=O)(=O)N(C)C1(CC(=O)O)CCCCC1. The highest BCUT2D eigenvalue weighted by molar-refractivity contribution is 7.89. The highest BCUT2D eigenvalue weighted by atomic mass is 32.2. The van der Waals surface area contributed by atoms with Gasteiger partial charge in [0.15, 0.2) is 0 Å². The van der Waals surface area contributed by atoms with Crippen molar-refractivity contribution in [3.63, 3.8) is 0 Å². The summed E-state index contributed by atoms with van der Waals surface area (Å²) >= 11 is 0. The molecular formula is C13H25NO4S. The van der Waals surface area contributed by atoms with Gasteiger partial charge in [-0.1, -0.05) is 33.1 Å². The van der Waals surface area contributed by atoms with Crippen LogP contribution < -0.4 is 0 Å². The molecule has 1 aliphatic carbocycles. The van der Waals surface area contributed by atoms with Crippen LogP contribution in [0, 0.1) is 5.92 Å². The molecule has 0 bridgehead atoms. The van der Waals surface area contributed by atoms with Crippen molar-refractivity contribution in [3.05, 3.63) is 0 Å². The summed E-state index contributed by atoms with van der Waals surface area (Å²) in [4.78, 5) is 11.1. The highest BCUT2D eigenvalue weighted by Gasteiger charge is 2.43. The number of hydrogen-bond donors (Lipinski definition) is 1. The van der Waals surface area contributed by atoms with E-state index in [4.69, 9.17) is 5.11 Å². The average Bonchev–Trinajstić information content (AvgIpc) is 2.26. The monoisotopic (exact) mass is 291 g/mol. The summed E-state index contributed by atoms with van der Waals surface area (Å²) in [6.07, 6.45) is 4.05. The van der Waals surface area contributed by atoms with Crippen LogP contribution in [0.3, 0.4) is 0 Å². The van der Waals surface area contributed by atoms with Gasteiger partial charge in [-0.25, -0.2) is 8.42 Å². The molecule has 19 heavy (non-hydrogen) atoms. The summed E-state index contributed by atoms with van der Waals surface area (Å²) < 4.78 is 26.1. The van der Waals surface area contributed by atoms with Gasteiger partial charge in [0.05, 0.1) is 12.2 Å². The molecule has 1 N–H and O–H groups in total. The van der Waals surface area contributed by atoms with Gasteiger partial charge in [-0.3, -0.25) is 4.79 Å². The van der Waals surface area contributed by atoms with Gasteiger partial charge in [0, 0.05) is 12.6 Å². The molecule has 0 spiro atoms. The average molecular weight is 291 g/mol. The van der Waals surface area contributed by atoms with Crippen LogP contribution in [-0.4, -0.2) is 42.1 Å². The van der Waals surface area contributed by atoms with E-state index in [1.807, 2.05) is 13.8 Å². The van der Waals surface area contributed by atoms with E-state index < -0.39 is 21.5 Å². The van der Waals surface area contributed by atoms with Crippen LogP contribution in [0.5, 0.6) is 0 Å². The molecule has 0 aromatic rings. The first kappa shape index (κ1) is 16.4. The molecule has 0 heterocycles. The van der Waals surface area contributed by atoms with Crippen LogP contribution in [0.4, 0.5) is 0 Å². The lowest BCUT2D eigenvalue weighted by Crippen LogP contribution is -2.52. The summed E-state index contributed by atoms with van der Waals surface area (Å²) in [5.74, 6) is -0.809. The van der Waals surface area contributed by atoms with Crippen molar-refractivity contribution in [2.75, 3.05) is 12.8 Å². The predicted molar refractivity (Wildman–Crippen MR) is 74.5 cm³/mol. The van der Waals surface area contributed by atoms with Gasteiger partial charge in [-0.15, -0.1) is 0 Å². The Kier molecular flexibility index (Phi) is 5.38. The van der Waals surface area contributed by atoms with Crippen molar-refractivity contribution in [1.29, 1.82) is 0 Å². The first-order chi connectivity index (χ1) is 8.69. The number of rotatable bonds is 6. The lowest BCUT2D eigenvalue weighted by atomic mass is 9.79. The third-order valence-electron chi connectivity index (χ3n) is 3.89. The second-order valence-electron chi connectivity index (χ2n) is 6.00.